The van der Waals surface area contributed by atoms with Crippen molar-refractivity contribution in [2.24, 2.45) is 5.73 Å². The molecule has 2 heterocycles. The number of amides is 2. The number of carbonyl (C=O) groups excluding carboxylic acids is 1. The Balaban J connectivity index is 1.51. The Morgan fingerprint density at radius 3 is 2.44 bits per heavy atom. The normalized spacial score (nSPS) is 22.6. The van der Waals surface area contributed by atoms with Crippen LogP contribution in [0.15, 0.2) is 0 Å². The first-order chi connectivity index (χ1) is 8.75. The first-order valence-electron chi connectivity index (χ1n) is 7.26. The molecule has 2 amide bonds. The Morgan fingerprint density at radius 1 is 1.17 bits per heavy atom. The van der Waals surface area contributed by atoms with Crippen LogP contribution in [0.4, 0.5) is 4.79 Å². The zero-order chi connectivity index (χ0) is 12.8. The summed E-state index contributed by atoms with van der Waals surface area (Å²) >= 11 is 0. The standard InChI is InChI=1S/C13H26N4O/c14-13(18)17-10-4-12(5-11-17)15-6-3-9-16-7-1-2-8-16/h12,15H,1-11H2,(H2,14,18). The number of nitrogens with two attached hydrogens (primary N) is 1. The molecule has 0 radical (unpaired) electrons. The number of urea groups is 1. The minimum absolute atomic E-state index is 0.275. The molecule has 5 nitrogen and oxygen atoms in total. The molecule has 2 aliphatic rings. The fraction of sp³-hybridized carbons (Fsp3) is 0.923. The van der Waals surface area contributed by atoms with Crippen LogP contribution in [0.2, 0.25) is 0 Å². The summed E-state index contributed by atoms with van der Waals surface area (Å²) in [6.45, 7) is 6.51. The first-order valence-corrected chi connectivity index (χ1v) is 7.26. The van der Waals surface area contributed by atoms with E-state index in [-0.39, 0.29) is 6.03 Å². The van der Waals surface area contributed by atoms with Gasteiger partial charge in [-0.2, -0.15) is 0 Å². The molecule has 2 fully saturated rings. The summed E-state index contributed by atoms with van der Waals surface area (Å²) in [5, 5.41) is 3.60. The van der Waals surface area contributed by atoms with E-state index >= 15 is 0 Å². The van der Waals surface area contributed by atoms with Crippen molar-refractivity contribution in [3.05, 3.63) is 0 Å². The highest BCUT2D eigenvalue weighted by molar-refractivity contribution is 5.72. The van der Waals surface area contributed by atoms with E-state index in [1.807, 2.05) is 0 Å². The van der Waals surface area contributed by atoms with Gasteiger partial charge in [-0.1, -0.05) is 0 Å². The Hall–Kier alpha value is -0.810. The van der Waals surface area contributed by atoms with Crippen LogP contribution < -0.4 is 11.1 Å². The summed E-state index contributed by atoms with van der Waals surface area (Å²) < 4.78 is 0. The lowest BCUT2D eigenvalue weighted by molar-refractivity contribution is 0.185. The van der Waals surface area contributed by atoms with Crippen molar-refractivity contribution in [3.8, 4) is 0 Å². The van der Waals surface area contributed by atoms with Gasteiger partial charge in [0.05, 0.1) is 0 Å². The van der Waals surface area contributed by atoms with Gasteiger partial charge in [0, 0.05) is 19.1 Å². The van der Waals surface area contributed by atoms with Crippen LogP contribution in [-0.4, -0.2) is 61.1 Å². The van der Waals surface area contributed by atoms with E-state index < -0.39 is 0 Å². The Bertz CT molecular complexity index is 258. The van der Waals surface area contributed by atoms with Crippen molar-refractivity contribution >= 4 is 6.03 Å². The van der Waals surface area contributed by atoms with Crippen molar-refractivity contribution in [2.75, 3.05) is 39.3 Å². The van der Waals surface area contributed by atoms with Crippen molar-refractivity contribution < 1.29 is 4.79 Å². The third-order valence-corrected chi connectivity index (χ3v) is 4.09. The third kappa shape index (κ3) is 4.14. The van der Waals surface area contributed by atoms with E-state index in [9.17, 15) is 4.79 Å². The maximum atomic E-state index is 11.0. The molecule has 0 aromatic heterocycles. The predicted octanol–water partition coefficient (Wildman–Crippen LogP) is 0.605. The van der Waals surface area contributed by atoms with Crippen LogP contribution in [0.5, 0.6) is 0 Å². The van der Waals surface area contributed by atoms with Gasteiger partial charge >= 0.3 is 6.03 Å². The van der Waals surface area contributed by atoms with Gasteiger partial charge in [-0.25, -0.2) is 4.79 Å². The molecule has 2 rings (SSSR count). The van der Waals surface area contributed by atoms with E-state index in [0.29, 0.717) is 6.04 Å². The van der Waals surface area contributed by atoms with Gasteiger partial charge in [0.1, 0.15) is 0 Å². The number of piperidine rings is 1. The Labute approximate surface area is 110 Å². The average Bonchev–Trinajstić information content (AvgIpc) is 2.88. The molecular formula is C13H26N4O. The monoisotopic (exact) mass is 254 g/mol. The van der Waals surface area contributed by atoms with E-state index in [1.165, 1.54) is 38.9 Å². The topological polar surface area (TPSA) is 61.6 Å². The van der Waals surface area contributed by atoms with Crippen molar-refractivity contribution in [3.63, 3.8) is 0 Å². The number of primary amides is 1. The number of hydrogen-bond donors (Lipinski definition) is 2. The first kappa shape index (κ1) is 13.6. The minimum atomic E-state index is -0.275. The van der Waals surface area contributed by atoms with Gasteiger partial charge in [-0.3, -0.25) is 0 Å². The summed E-state index contributed by atoms with van der Waals surface area (Å²) in [6.07, 6.45) is 6.05. The van der Waals surface area contributed by atoms with Crippen molar-refractivity contribution in [2.45, 2.75) is 38.1 Å². The summed E-state index contributed by atoms with van der Waals surface area (Å²) in [6, 6.07) is 0.293. The quantitative estimate of drug-likeness (QED) is 0.707. The molecule has 2 aliphatic heterocycles. The van der Waals surface area contributed by atoms with Crippen LogP contribution in [0, 0.1) is 0 Å². The number of nitrogens with zero attached hydrogens (tertiary/aromatic N) is 2. The second-order valence-corrected chi connectivity index (χ2v) is 5.46. The molecule has 0 atom stereocenters. The highest BCUT2D eigenvalue weighted by Gasteiger charge is 2.20. The van der Waals surface area contributed by atoms with Gasteiger partial charge in [0.25, 0.3) is 0 Å². The maximum Gasteiger partial charge on any atom is 0.314 e. The van der Waals surface area contributed by atoms with E-state index in [2.05, 4.69) is 10.2 Å². The van der Waals surface area contributed by atoms with E-state index in [0.717, 1.165) is 32.5 Å². The highest BCUT2D eigenvalue weighted by atomic mass is 16.2. The van der Waals surface area contributed by atoms with Gasteiger partial charge in [0.15, 0.2) is 0 Å². The van der Waals surface area contributed by atoms with Gasteiger partial charge in [0.2, 0.25) is 0 Å². The molecule has 18 heavy (non-hydrogen) atoms. The smallest absolute Gasteiger partial charge is 0.314 e. The molecule has 0 spiro atoms. The SMILES string of the molecule is NC(=O)N1CCC(NCCCN2CCCC2)CC1. The lowest BCUT2D eigenvalue weighted by Gasteiger charge is -2.31. The van der Waals surface area contributed by atoms with Crippen LogP contribution >= 0.6 is 0 Å². The molecule has 0 aliphatic carbocycles. The molecule has 5 heteroatoms. The largest absolute Gasteiger partial charge is 0.351 e. The van der Waals surface area contributed by atoms with E-state index in [4.69, 9.17) is 5.73 Å². The lowest BCUT2D eigenvalue weighted by Crippen LogP contribution is -2.47. The molecule has 0 bridgehead atoms. The number of nitrogens with one attached hydrogen (secondary N) is 1. The zero-order valence-corrected chi connectivity index (χ0v) is 11.2. The average molecular weight is 254 g/mol. The molecule has 3 N–H and O–H groups in total. The van der Waals surface area contributed by atoms with Gasteiger partial charge in [-0.15, -0.1) is 0 Å². The van der Waals surface area contributed by atoms with Crippen molar-refractivity contribution in [1.82, 2.24) is 15.1 Å². The fourth-order valence-electron chi connectivity index (χ4n) is 2.92. The number of rotatable bonds is 5. The number of carbonyl (C=O) groups is 1. The minimum Gasteiger partial charge on any atom is -0.351 e. The number of likely N-dealkylation sites (tertiary alicyclic amines) is 2. The van der Waals surface area contributed by atoms with Crippen molar-refractivity contribution in [1.29, 1.82) is 0 Å². The molecule has 0 saturated carbocycles. The number of hydrogen-bond acceptors (Lipinski definition) is 3. The summed E-state index contributed by atoms with van der Waals surface area (Å²) in [5.41, 5.74) is 5.27. The third-order valence-electron chi connectivity index (χ3n) is 4.09. The highest BCUT2D eigenvalue weighted by Crippen LogP contribution is 2.10. The second-order valence-electron chi connectivity index (χ2n) is 5.46. The lowest BCUT2D eigenvalue weighted by atomic mass is 10.1. The summed E-state index contributed by atoms with van der Waals surface area (Å²) in [5.74, 6) is 0. The fourth-order valence-corrected chi connectivity index (χ4v) is 2.92. The maximum absolute atomic E-state index is 11.0. The predicted molar refractivity (Wildman–Crippen MR) is 72.5 cm³/mol. The Morgan fingerprint density at radius 2 is 1.83 bits per heavy atom. The molecule has 104 valence electrons. The second kappa shape index (κ2) is 6.95. The van der Waals surface area contributed by atoms with Gasteiger partial charge in [-0.05, 0) is 58.3 Å². The van der Waals surface area contributed by atoms with Crippen LogP contribution in [0.3, 0.4) is 0 Å². The van der Waals surface area contributed by atoms with Crippen LogP contribution in [-0.2, 0) is 0 Å². The molecule has 0 aromatic carbocycles. The summed E-state index contributed by atoms with van der Waals surface area (Å²) in [7, 11) is 0. The molecular weight excluding hydrogens is 228 g/mol. The molecule has 2 saturated heterocycles. The van der Waals surface area contributed by atoms with Crippen LogP contribution in [0.25, 0.3) is 0 Å². The van der Waals surface area contributed by atoms with E-state index in [1.54, 1.807) is 4.90 Å². The molecule has 0 unspecified atom stereocenters. The zero-order valence-electron chi connectivity index (χ0n) is 11.2. The van der Waals surface area contributed by atoms with Crippen LogP contribution in [0.1, 0.15) is 32.1 Å². The Kier molecular flexibility index (Phi) is 5.26. The van der Waals surface area contributed by atoms with Gasteiger partial charge < -0.3 is 20.9 Å². The molecule has 0 aromatic rings. The summed E-state index contributed by atoms with van der Waals surface area (Å²) in [4.78, 5) is 15.3.